The van der Waals surface area contributed by atoms with E-state index in [1.807, 2.05) is 0 Å². The van der Waals surface area contributed by atoms with Gasteiger partial charge in [0, 0.05) is 6.04 Å². The van der Waals surface area contributed by atoms with Crippen molar-refractivity contribution in [3.05, 3.63) is 46.5 Å². The summed E-state index contributed by atoms with van der Waals surface area (Å²) in [5.74, 6) is 5.76. The van der Waals surface area contributed by atoms with Crippen LogP contribution in [0, 0.1) is 13.8 Å². The number of benzene rings is 1. The molecule has 0 bridgehead atoms. The normalized spacial score (nSPS) is 17.1. The fourth-order valence-corrected chi connectivity index (χ4v) is 3.01. The van der Waals surface area contributed by atoms with E-state index in [0.29, 0.717) is 6.04 Å². The van der Waals surface area contributed by atoms with Crippen molar-refractivity contribution in [2.75, 3.05) is 0 Å². The molecule has 1 unspecified atom stereocenters. The van der Waals surface area contributed by atoms with E-state index in [1.165, 1.54) is 42.4 Å². The van der Waals surface area contributed by atoms with E-state index in [4.69, 9.17) is 5.84 Å². The minimum atomic E-state index is 0.351. The Morgan fingerprint density at radius 2 is 1.89 bits per heavy atom. The number of nitrogens with one attached hydrogen (secondary N) is 1. The van der Waals surface area contributed by atoms with Gasteiger partial charge in [-0.2, -0.15) is 0 Å². The summed E-state index contributed by atoms with van der Waals surface area (Å²) in [6.07, 6.45) is 9.71. The van der Waals surface area contributed by atoms with E-state index in [2.05, 4.69) is 43.5 Å². The van der Waals surface area contributed by atoms with E-state index in [0.717, 1.165) is 12.8 Å². The topological polar surface area (TPSA) is 38.0 Å². The number of nitrogens with two attached hydrogens (primary N) is 1. The fourth-order valence-electron chi connectivity index (χ4n) is 3.01. The van der Waals surface area contributed by atoms with Crippen LogP contribution in [0.15, 0.2) is 29.8 Å². The van der Waals surface area contributed by atoms with Crippen LogP contribution in [0.25, 0.3) is 0 Å². The molecule has 1 aliphatic rings. The summed E-state index contributed by atoms with van der Waals surface area (Å²) in [7, 11) is 0. The molecule has 2 nitrogen and oxygen atoms in total. The Bertz CT molecular complexity index is 428. The SMILES string of the molecule is Cc1cccc(C)c1CC(CC1=CCCCC1)NN. The maximum absolute atomic E-state index is 5.76. The summed E-state index contributed by atoms with van der Waals surface area (Å²) in [5.41, 5.74) is 8.79. The first kappa shape index (κ1) is 14.3. The third-order valence-electron chi connectivity index (χ3n) is 4.22. The Hall–Kier alpha value is -1.12. The molecular weight excluding hydrogens is 232 g/mol. The average molecular weight is 258 g/mol. The van der Waals surface area contributed by atoms with Gasteiger partial charge in [-0.3, -0.25) is 11.3 Å². The summed E-state index contributed by atoms with van der Waals surface area (Å²) in [5, 5.41) is 0. The number of rotatable bonds is 5. The van der Waals surface area contributed by atoms with E-state index >= 15 is 0 Å². The van der Waals surface area contributed by atoms with Crippen LogP contribution >= 0.6 is 0 Å². The Balaban J connectivity index is 2.04. The molecule has 0 radical (unpaired) electrons. The fraction of sp³-hybridized carbons (Fsp3) is 0.529. The van der Waals surface area contributed by atoms with Crippen LogP contribution in [0.2, 0.25) is 0 Å². The number of hydrogen-bond donors (Lipinski definition) is 2. The first-order valence-corrected chi connectivity index (χ1v) is 7.40. The van der Waals surface area contributed by atoms with E-state index in [-0.39, 0.29) is 0 Å². The third kappa shape index (κ3) is 3.92. The molecule has 1 atom stereocenters. The van der Waals surface area contributed by atoms with Crippen LogP contribution in [-0.2, 0) is 6.42 Å². The highest BCUT2D eigenvalue weighted by atomic mass is 15.2. The van der Waals surface area contributed by atoms with E-state index < -0.39 is 0 Å². The molecule has 0 heterocycles. The summed E-state index contributed by atoms with van der Waals surface area (Å²) >= 11 is 0. The highest BCUT2D eigenvalue weighted by Gasteiger charge is 2.14. The molecule has 1 aromatic carbocycles. The second kappa shape index (κ2) is 6.88. The average Bonchev–Trinajstić information content (AvgIpc) is 2.43. The molecule has 1 aliphatic carbocycles. The summed E-state index contributed by atoms with van der Waals surface area (Å²) in [4.78, 5) is 0. The zero-order valence-corrected chi connectivity index (χ0v) is 12.2. The Labute approximate surface area is 117 Å². The van der Waals surface area contributed by atoms with Crippen molar-refractivity contribution in [2.24, 2.45) is 5.84 Å². The minimum Gasteiger partial charge on any atom is -0.271 e. The van der Waals surface area contributed by atoms with Gasteiger partial charge in [-0.05, 0) is 69.1 Å². The lowest BCUT2D eigenvalue weighted by atomic mass is 9.90. The van der Waals surface area contributed by atoms with Crippen LogP contribution in [0.5, 0.6) is 0 Å². The standard InChI is InChI=1S/C17H26N2/c1-13-7-6-8-14(2)17(13)12-16(19-18)11-15-9-4-3-5-10-15/h6-9,16,19H,3-5,10-12,18H2,1-2H3. The van der Waals surface area contributed by atoms with Crippen molar-refractivity contribution in [1.29, 1.82) is 0 Å². The molecule has 0 saturated carbocycles. The van der Waals surface area contributed by atoms with Gasteiger partial charge in [0.15, 0.2) is 0 Å². The second-order valence-electron chi connectivity index (χ2n) is 5.75. The minimum absolute atomic E-state index is 0.351. The van der Waals surface area contributed by atoms with Gasteiger partial charge in [0.1, 0.15) is 0 Å². The number of allylic oxidation sites excluding steroid dienone is 1. The summed E-state index contributed by atoms with van der Waals surface area (Å²) in [6.45, 7) is 4.38. The van der Waals surface area contributed by atoms with Crippen LogP contribution in [0.3, 0.4) is 0 Å². The van der Waals surface area contributed by atoms with Gasteiger partial charge in [-0.1, -0.05) is 29.8 Å². The lowest BCUT2D eigenvalue weighted by Gasteiger charge is -2.22. The Morgan fingerprint density at radius 1 is 1.16 bits per heavy atom. The molecule has 0 aromatic heterocycles. The molecular formula is C17H26N2. The summed E-state index contributed by atoms with van der Waals surface area (Å²) < 4.78 is 0. The van der Waals surface area contributed by atoms with Gasteiger partial charge in [0.2, 0.25) is 0 Å². The molecule has 0 aliphatic heterocycles. The van der Waals surface area contributed by atoms with Crippen molar-refractivity contribution in [2.45, 2.75) is 58.4 Å². The van der Waals surface area contributed by atoms with Gasteiger partial charge in [-0.15, -0.1) is 0 Å². The molecule has 104 valence electrons. The third-order valence-corrected chi connectivity index (χ3v) is 4.22. The lowest BCUT2D eigenvalue weighted by molar-refractivity contribution is 0.503. The van der Waals surface area contributed by atoms with Gasteiger partial charge in [-0.25, -0.2) is 0 Å². The predicted molar refractivity (Wildman–Crippen MR) is 81.9 cm³/mol. The van der Waals surface area contributed by atoms with E-state index in [9.17, 15) is 0 Å². The Morgan fingerprint density at radius 3 is 2.47 bits per heavy atom. The Kier molecular flexibility index (Phi) is 5.17. The highest BCUT2D eigenvalue weighted by Crippen LogP contribution is 2.23. The zero-order chi connectivity index (χ0) is 13.7. The predicted octanol–water partition coefficient (Wildman–Crippen LogP) is 3.57. The molecule has 0 spiro atoms. The molecule has 2 rings (SSSR count). The molecule has 2 heteroatoms. The largest absolute Gasteiger partial charge is 0.271 e. The summed E-state index contributed by atoms with van der Waals surface area (Å²) in [6, 6.07) is 6.86. The van der Waals surface area contributed by atoms with Crippen LogP contribution in [0.4, 0.5) is 0 Å². The number of hydrogen-bond acceptors (Lipinski definition) is 2. The van der Waals surface area contributed by atoms with Crippen molar-refractivity contribution in [1.82, 2.24) is 5.43 Å². The van der Waals surface area contributed by atoms with Crippen molar-refractivity contribution < 1.29 is 0 Å². The van der Waals surface area contributed by atoms with Gasteiger partial charge in [0.25, 0.3) is 0 Å². The van der Waals surface area contributed by atoms with Gasteiger partial charge in [0.05, 0.1) is 0 Å². The quantitative estimate of drug-likeness (QED) is 0.481. The molecule has 0 fully saturated rings. The van der Waals surface area contributed by atoms with Gasteiger partial charge < -0.3 is 0 Å². The molecule has 0 amide bonds. The monoisotopic (exact) mass is 258 g/mol. The maximum Gasteiger partial charge on any atom is 0.0288 e. The molecule has 19 heavy (non-hydrogen) atoms. The number of aryl methyl sites for hydroxylation is 2. The number of hydrazine groups is 1. The molecule has 1 aromatic rings. The first-order valence-electron chi connectivity index (χ1n) is 7.40. The maximum atomic E-state index is 5.76. The molecule has 0 saturated heterocycles. The zero-order valence-electron chi connectivity index (χ0n) is 12.2. The smallest absolute Gasteiger partial charge is 0.0288 e. The second-order valence-corrected chi connectivity index (χ2v) is 5.75. The van der Waals surface area contributed by atoms with Crippen molar-refractivity contribution in [3.63, 3.8) is 0 Å². The first-order chi connectivity index (χ1) is 9.20. The van der Waals surface area contributed by atoms with Gasteiger partial charge >= 0.3 is 0 Å². The molecule has 3 N–H and O–H groups in total. The van der Waals surface area contributed by atoms with Crippen molar-refractivity contribution >= 4 is 0 Å². The van der Waals surface area contributed by atoms with Crippen LogP contribution in [-0.4, -0.2) is 6.04 Å². The van der Waals surface area contributed by atoms with Crippen LogP contribution in [0.1, 0.15) is 48.8 Å². The lowest BCUT2D eigenvalue weighted by Crippen LogP contribution is -2.37. The van der Waals surface area contributed by atoms with E-state index in [1.54, 1.807) is 5.57 Å². The highest BCUT2D eigenvalue weighted by molar-refractivity contribution is 5.34. The van der Waals surface area contributed by atoms with Crippen molar-refractivity contribution in [3.8, 4) is 0 Å². The van der Waals surface area contributed by atoms with Crippen LogP contribution < -0.4 is 11.3 Å².